The third-order valence-electron chi connectivity index (χ3n) is 2.60. The van der Waals surface area contributed by atoms with E-state index in [-0.39, 0.29) is 5.97 Å². The van der Waals surface area contributed by atoms with Gasteiger partial charge >= 0.3 is 5.97 Å². The number of esters is 1. The SMILES string of the molecule is CCOC(=O)c1cnc(CSC)nc1C1CC1. The molecule has 0 unspecified atom stereocenters. The summed E-state index contributed by atoms with van der Waals surface area (Å²) >= 11 is 1.68. The molecule has 2 rings (SSSR count). The Morgan fingerprint density at radius 2 is 2.35 bits per heavy atom. The molecule has 17 heavy (non-hydrogen) atoms. The summed E-state index contributed by atoms with van der Waals surface area (Å²) in [7, 11) is 0. The molecule has 0 spiro atoms. The highest BCUT2D eigenvalue weighted by Crippen LogP contribution is 2.40. The van der Waals surface area contributed by atoms with Gasteiger partial charge in [-0.2, -0.15) is 11.8 Å². The number of nitrogens with zero attached hydrogens (tertiary/aromatic N) is 2. The molecule has 0 atom stereocenters. The molecule has 1 aromatic heterocycles. The summed E-state index contributed by atoms with van der Waals surface area (Å²) in [5, 5.41) is 0. The first-order chi connectivity index (χ1) is 8.26. The van der Waals surface area contributed by atoms with Gasteiger partial charge < -0.3 is 4.74 Å². The van der Waals surface area contributed by atoms with Gasteiger partial charge in [0.2, 0.25) is 0 Å². The van der Waals surface area contributed by atoms with Gasteiger partial charge in [-0.3, -0.25) is 0 Å². The lowest BCUT2D eigenvalue weighted by molar-refractivity contribution is 0.0524. The van der Waals surface area contributed by atoms with E-state index in [0.29, 0.717) is 18.1 Å². The summed E-state index contributed by atoms with van der Waals surface area (Å²) in [5.41, 5.74) is 1.42. The van der Waals surface area contributed by atoms with E-state index in [9.17, 15) is 4.79 Å². The van der Waals surface area contributed by atoms with Crippen molar-refractivity contribution in [2.75, 3.05) is 12.9 Å². The quantitative estimate of drug-likeness (QED) is 0.753. The second-order valence-corrected chi connectivity index (χ2v) is 4.88. The number of aromatic nitrogens is 2. The van der Waals surface area contributed by atoms with Crippen LogP contribution in [0.1, 0.15) is 47.6 Å². The number of carbonyl (C=O) groups is 1. The molecule has 0 N–H and O–H groups in total. The topological polar surface area (TPSA) is 52.1 Å². The van der Waals surface area contributed by atoms with Crippen molar-refractivity contribution >= 4 is 17.7 Å². The van der Waals surface area contributed by atoms with Crippen LogP contribution in [0.2, 0.25) is 0 Å². The van der Waals surface area contributed by atoms with Crippen molar-refractivity contribution in [3.05, 3.63) is 23.3 Å². The number of hydrogen-bond donors (Lipinski definition) is 0. The van der Waals surface area contributed by atoms with Gasteiger partial charge in [0.25, 0.3) is 0 Å². The van der Waals surface area contributed by atoms with Crippen LogP contribution in [-0.4, -0.2) is 28.8 Å². The summed E-state index contributed by atoms with van der Waals surface area (Å²) in [6.07, 6.45) is 5.86. The minimum atomic E-state index is -0.301. The Kier molecular flexibility index (Phi) is 3.99. The fraction of sp³-hybridized carbons (Fsp3) is 0.583. The fourth-order valence-electron chi connectivity index (χ4n) is 1.67. The number of thioether (sulfide) groups is 1. The average molecular weight is 252 g/mol. The Balaban J connectivity index is 2.27. The maximum Gasteiger partial charge on any atom is 0.341 e. The molecule has 1 fully saturated rings. The first kappa shape index (κ1) is 12.4. The largest absolute Gasteiger partial charge is 0.462 e. The zero-order chi connectivity index (χ0) is 12.3. The van der Waals surface area contributed by atoms with Crippen molar-refractivity contribution in [3.63, 3.8) is 0 Å². The van der Waals surface area contributed by atoms with Gasteiger partial charge in [0.05, 0.1) is 23.6 Å². The van der Waals surface area contributed by atoms with Gasteiger partial charge in [-0.1, -0.05) is 0 Å². The highest BCUT2D eigenvalue weighted by atomic mass is 32.2. The number of rotatable bonds is 5. The monoisotopic (exact) mass is 252 g/mol. The number of hydrogen-bond acceptors (Lipinski definition) is 5. The summed E-state index contributed by atoms with van der Waals surface area (Å²) in [6, 6.07) is 0. The highest BCUT2D eigenvalue weighted by molar-refractivity contribution is 7.97. The Morgan fingerprint density at radius 3 is 2.94 bits per heavy atom. The van der Waals surface area contributed by atoms with Gasteiger partial charge in [-0.15, -0.1) is 0 Å². The molecule has 0 amide bonds. The normalized spacial score (nSPS) is 14.7. The lowest BCUT2D eigenvalue weighted by Gasteiger charge is -2.08. The van der Waals surface area contributed by atoms with Gasteiger partial charge in [0.1, 0.15) is 5.82 Å². The van der Waals surface area contributed by atoms with Crippen molar-refractivity contribution in [1.29, 1.82) is 0 Å². The van der Waals surface area contributed by atoms with Gasteiger partial charge in [-0.05, 0) is 26.0 Å². The number of carbonyl (C=O) groups excluding carboxylic acids is 1. The predicted molar refractivity (Wildman–Crippen MR) is 67.2 cm³/mol. The zero-order valence-corrected chi connectivity index (χ0v) is 10.9. The second-order valence-electron chi connectivity index (χ2n) is 4.01. The van der Waals surface area contributed by atoms with E-state index < -0.39 is 0 Å². The summed E-state index contributed by atoms with van der Waals surface area (Å²) in [5.74, 6) is 1.71. The molecule has 5 heteroatoms. The van der Waals surface area contributed by atoms with Crippen LogP contribution in [-0.2, 0) is 10.5 Å². The Morgan fingerprint density at radius 1 is 1.59 bits per heavy atom. The van der Waals surface area contributed by atoms with Crippen LogP contribution in [0.25, 0.3) is 0 Å². The van der Waals surface area contributed by atoms with Gasteiger partial charge in [-0.25, -0.2) is 14.8 Å². The third-order valence-corrected chi connectivity index (χ3v) is 3.15. The maximum atomic E-state index is 11.8. The van der Waals surface area contributed by atoms with Crippen LogP contribution in [0.15, 0.2) is 6.20 Å². The van der Waals surface area contributed by atoms with Crippen LogP contribution in [0.5, 0.6) is 0 Å². The first-order valence-corrected chi connectivity index (χ1v) is 7.17. The van der Waals surface area contributed by atoms with Crippen LogP contribution in [0.3, 0.4) is 0 Å². The van der Waals surface area contributed by atoms with E-state index in [1.165, 1.54) is 0 Å². The molecule has 1 aromatic rings. The summed E-state index contributed by atoms with van der Waals surface area (Å²) in [4.78, 5) is 20.5. The molecule has 1 aliphatic carbocycles. The van der Waals surface area contributed by atoms with Crippen molar-refractivity contribution in [2.45, 2.75) is 31.4 Å². The Bertz CT molecular complexity index is 419. The molecule has 0 aromatic carbocycles. The molecule has 0 saturated heterocycles. The zero-order valence-electron chi connectivity index (χ0n) is 10.1. The Labute approximate surface area is 105 Å². The standard InChI is InChI=1S/C12H16N2O2S/c1-3-16-12(15)9-6-13-10(7-17-2)14-11(9)8-4-5-8/h6,8H,3-5,7H2,1-2H3. The van der Waals surface area contributed by atoms with Gasteiger partial charge in [0.15, 0.2) is 0 Å². The van der Waals surface area contributed by atoms with E-state index in [1.54, 1.807) is 24.9 Å². The second kappa shape index (κ2) is 5.49. The van der Waals surface area contributed by atoms with E-state index in [2.05, 4.69) is 9.97 Å². The van der Waals surface area contributed by atoms with Crippen molar-refractivity contribution in [1.82, 2.24) is 9.97 Å². The molecule has 1 aliphatic rings. The molecular formula is C12H16N2O2S. The molecule has 0 bridgehead atoms. The van der Waals surface area contributed by atoms with Crippen LogP contribution in [0, 0.1) is 0 Å². The maximum absolute atomic E-state index is 11.8. The fourth-order valence-corrected chi connectivity index (χ4v) is 2.06. The Hall–Kier alpha value is -1.10. The van der Waals surface area contributed by atoms with Gasteiger partial charge in [0, 0.05) is 12.1 Å². The van der Waals surface area contributed by atoms with E-state index in [0.717, 1.165) is 30.1 Å². The van der Waals surface area contributed by atoms with Crippen molar-refractivity contribution in [2.24, 2.45) is 0 Å². The van der Waals surface area contributed by atoms with Crippen molar-refractivity contribution < 1.29 is 9.53 Å². The molecule has 0 radical (unpaired) electrons. The first-order valence-electron chi connectivity index (χ1n) is 5.78. The van der Waals surface area contributed by atoms with E-state index >= 15 is 0 Å². The minimum absolute atomic E-state index is 0.301. The average Bonchev–Trinajstić information content (AvgIpc) is 3.13. The smallest absolute Gasteiger partial charge is 0.341 e. The molecule has 4 nitrogen and oxygen atoms in total. The van der Waals surface area contributed by atoms with Crippen LogP contribution in [0.4, 0.5) is 0 Å². The molecule has 1 heterocycles. The van der Waals surface area contributed by atoms with Crippen molar-refractivity contribution in [3.8, 4) is 0 Å². The van der Waals surface area contributed by atoms with E-state index in [4.69, 9.17) is 4.74 Å². The number of ether oxygens (including phenoxy) is 1. The summed E-state index contributed by atoms with van der Waals surface area (Å²) < 4.78 is 5.02. The lowest BCUT2D eigenvalue weighted by Crippen LogP contribution is -2.11. The van der Waals surface area contributed by atoms with Crippen LogP contribution < -0.4 is 0 Å². The predicted octanol–water partition coefficient (Wildman–Crippen LogP) is 2.39. The minimum Gasteiger partial charge on any atom is -0.462 e. The molecule has 92 valence electrons. The lowest BCUT2D eigenvalue weighted by atomic mass is 10.1. The molecule has 0 aliphatic heterocycles. The molecular weight excluding hydrogens is 236 g/mol. The van der Waals surface area contributed by atoms with E-state index in [1.807, 2.05) is 6.26 Å². The molecule has 1 saturated carbocycles. The summed E-state index contributed by atoms with van der Waals surface area (Å²) in [6.45, 7) is 2.19. The third kappa shape index (κ3) is 2.97. The highest BCUT2D eigenvalue weighted by Gasteiger charge is 2.30. The van der Waals surface area contributed by atoms with Crippen LogP contribution >= 0.6 is 11.8 Å².